The Balaban J connectivity index is 1.88. The van der Waals surface area contributed by atoms with Gasteiger partial charge in [-0.1, -0.05) is 24.3 Å². The van der Waals surface area contributed by atoms with E-state index >= 15 is 0 Å². The number of carbonyl (C=O) groups is 2. The SMILES string of the molecule is C[n+]1ccc(-c2nc3c(s2)C(=O)c2ccccc2C3=O)cc1. The standard InChI is InChI=1S/C17H11N2O2S/c1-19-8-6-10(7-9-19)17-18-13-14(20)11-4-2-3-5-12(11)15(21)16(13)22-17/h2-9H,1H3/q+1. The number of thiazole rings is 1. The Morgan fingerprint density at radius 1 is 0.955 bits per heavy atom. The van der Waals surface area contributed by atoms with Crippen LogP contribution in [0.3, 0.4) is 0 Å². The molecular formula is C17H11N2O2S+. The van der Waals surface area contributed by atoms with Crippen LogP contribution >= 0.6 is 11.3 Å². The number of aryl methyl sites for hydroxylation is 1. The van der Waals surface area contributed by atoms with Crippen LogP contribution in [0.1, 0.15) is 31.3 Å². The second-order valence-corrected chi connectivity index (χ2v) is 6.15. The number of aromatic nitrogens is 2. The zero-order valence-electron chi connectivity index (χ0n) is 11.7. The maximum absolute atomic E-state index is 12.6. The van der Waals surface area contributed by atoms with Gasteiger partial charge in [0.2, 0.25) is 11.6 Å². The Labute approximate surface area is 130 Å². The number of hydrogen-bond donors (Lipinski definition) is 0. The van der Waals surface area contributed by atoms with Crippen LogP contribution < -0.4 is 4.57 Å². The Morgan fingerprint density at radius 2 is 1.59 bits per heavy atom. The molecule has 0 amide bonds. The molecule has 5 heteroatoms. The van der Waals surface area contributed by atoms with Crippen LogP contribution in [0.5, 0.6) is 0 Å². The minimum Gasteiger partial charge on any atom is -0.288 e. The lowest BCUT2D eigenvalue weighted by Crippen LogP contribution is -2.25. The number of rotatable bonds is 1. The maximum Gasteiger partial charge on any atom is 0.213 e. The summed E-state index contributed by atoms with van der Waals surface area (Å²) in [5, 5.41) is 0.695. The van der Waals surface area contributed by atoms with Crippen molar-refractivity contribution in [3.05, 3.63) is 70.5 Å². The van der Waals surface area contributed by atoms with E-state index < -0.39 is 0 Å². The third-order valence-corrected chi connectivity index (χ3v) is 4.79. The van der Waals surface area contributed by atoms with Crippen molar-refractivity contribution < 1.29 is 14.2 Å². The lowest BCUT2D eigenvalue weighted by Gasteiger charge is -2.11. The molecule has 0 saturated heterocycles. The zero-order chi connectivity index (χ0) is 15.3. The first kappa shape index (κ1) is 13.0. The van der Waals surface area contributed by atoms with Crippen molar-refractivity contribution in [1.29, 1.82) is 0 Å². The summed E-state index contributed by atoms with van der Waals surface area (Å²) in [5.41, 5.74) is 2.09. The summed E-state index contributed by atoms with van der Waals surface area (Å²) < 4.78 is 1.92. The van der Waals surface area contributed by atoms with E-state index in [0.29, 0.717) is 21.0 Å². The molecule has 4 rings (SSSR count). The molecule has 4 nitrogen and oxygen atoms in total. The Hall–Kier alpha value is -2.66. The van der Waals surface area contributed by atoms with Crippen LogP contribution in [0.15, 0.2) is 48.8 Å². The minimum absolute atomic E-state index is 0.115. The molecule has 2 aromatic heterocycles. The molecule has 22 heavy (non-hydrogen) atoms. The zero-order valence-corrected chi connectivity index (χ0v) is 12.6. The van der Waals surface area contributed by atoms with Crippen molar-refractivity contribution in [2.75, 3.05) is 0 Å². The molecule has 0 aliphatic heterocycles. The van der Waals surface area contributed by atoms with Gasteiger partial charge in [-0.05, 0) is 0 Å². The Kier molecular flexibility index (Phi) is 2.77. The van der Waals surface area contributed by atoms with Crippen LogP contribution in [0.4, 0.5) is 0 Å². The Bertz CT molecular complexity index is 874. The first-order valence-corrected chi connectivity index (χ1v) is 7.62. The number of fused-ring (bicyclic) bond motifs is 2. The number of ketones is 2. The highest BCUT2D eigenvalue weighted by atomic mass is 32.1. The minimum atomic E-state index is -0.172. The van der Waals surface area contributed by atoms with Crippen LogP contribution in [0.2, 0.25) is 0 Å². The van der Waals surface area contributed by atoms with Crippen LogP contribution in [0, 0.1) is 0 Å². The average Bonchev–Trinajstić information content (AvgIpc) is 2.99. The molecule has 106 valence electrons. The van der Waals surface area contributed by atoms with Gasteiger partial charge in [-0.3, -0.25) is 9.59 Å². The topological polar surface area (TPSA) is 50.9 Å². The highest BCUT2D eigenvalue weighted by molar-refractivity contribution is 7.17. The van der Waals surface area contributed by atoms with Gasteiger partial charge in [0.15, 0.2) is 12.4 Å². The quantitative estimate of drug-likeness (QED) is 0.507. The van der Waals surface area contributed by atoms with Gasteiger partial charge in [0.05, 0.1) is 0 Å². The second-order valence-electron chi connectivity index (χ2n) is 5.15. The maximum atomic E-state index is 12.6. The summed E-state index contributed by atoms with van der Waals surface area (Å²) in [6, 6.07) is 10.8. The van der Waals surface area contributed by atoms with E-state index in [0.717, 1.165) is 5.56 Å². The number of pyridine rings is 1. The predicted molar refractivity (Wildman–Crippen MR) is 82.0 cm³/mol. The summed E-state index contributed by atoms with van der Waals surface area (Å²) in [7, 11) is 1.93. The van der Waals surface area contributed by atoms with E-state index in [-0.39, 0.29) is 17.3 Å². The molecule has 0 bridgehead atoms. The van der Waals surface area contributed by atoms with Gasteiger partial charge in [-0.25, -0.2) is 9.55 Å². The normalized spacial score (nSPS) is 13.0. The van der Waals surface area contributed by atoms with Crippen molar-refractivity contribution in [2.24, 2.45) is 7.05 Å². The first-order chi connectivity index (χ1) is 10.6. The summed E-state index contributed by atoms with van der Waals surface area (Å²) in [6.45, 7) is 0. The summed E-state index contributed by atoms with van der Waals surface area (Å²) >= 11 is 1.28. The van der Waals surface area contributed by atoms with Gasteiger partial charge < -0.3 is 0 Å². The van der Waals surface area contributed by atoms with E-state index in [4.69, 9.17) is 0 Å². The lowest BCUT2D eigenvalue weighted by atomic mass is 9.91. The van der Waals surface area contributed by atoms with Gasteiger partial charge in [-0.2, -0.15) is 0 Å². The number of nitrogens with zero attached hydrogens (tertiary/aromatic N) is 2. The summed E-state index contributed by atoms with van der Waals surface area (Å²) in [4.78, 5) is 30.0. The Morgan fingerprint density at radius 3 is 2.27 bits per heavy atom. The number of benzene rings is 1. The van der Waals surface area contributed by atoms with Crippen molar-refractivity contribution in [3.8, 4) is 10.6 Å². The fourth-order valence-corrected chi connectivity index (χ4v) is 3.55. The van der Waals surface area contributed by atoms with E-state index in [9.17, 15) is 9.59 Å². The van der Waals surface area contributed by atoms with Crippen molar-refractivity contribution in [3.63, 3.8) is 0 Å². The van der Waals surface area contributed by atoms with E-state index in [1.165, 1.54) is 11.3 Å². The molecule has 1 aromatic carbocycles. The van der Waals surface area contributed by atoms with Gasteiger partial charge in [0.25, 0.3) is 0 Å². The van der Waals surface area contributed by atoms with Gasteiger partial charge in [-0.15, -0.1) is 11.3 Å². The molecule has 0 radical (unpaired) electrons. The van der Waals surface area contributed by atoms with Crippen molar-refractivity contribution in [1.82, 2.24) is 4.98 Å². The fourth-order valence-electron chi connectivity index (χ4n) is 2.52. The van der Waals surface area contributed by atoms with Crippen molar-refractivity contribution in [2.45, 2.75) is 0 Å². The molecule has 2 heterocycles. The fraction of sp³-hybridized carbons (Fsp3) is 0.0588. The van der Waals surface area contributed by atoms with Crippen molar-refractivity contribution >= 4 is 22.9 Å². The number of hydrogen-bond acceptors (Lipinski definition) is 4. The van der Waals surface area contributed by atoms with E-state index in [2.05, 4.69) is 4.98 Å². The molecule has 1 aliphatic carbocycles. The van der Waals surface area contributed by atoms with Crippen LogP contribution in [-0.2, 0) is 7.05 Å². The summed E-state index contributed by atoms with van der Waals surface area (Å²) in [5.74, 6) is -0.287. The third-order valence-electron chi connectivity index (χ3n) is 3.69. The first-order valence-electron chi connectivity index (χ1n) is 6.80. The molecule has 0 fully saturated rings. The largest absolute Gasteiger partial charge is 0.288 e. The molecular weight excluding hydrogens is 296 g/mol. The lowest BCUT2D eigenvalue weighted by molar-refractivity contribution is -0.671. The molecule has 1 aliphatic rings. The molecule has 0 spiro atoms. The van der Waals surface area contributed by atoms with Gasteiger partial charge >= 0.3 is 0 Å². The molecule has 0 N–H and O–H groups in total. The molecule has 0 unspecified atom stereocenters. The average molecular weight is 307 g/mol. The monoisotopic (exact) mass is 307 g/mol. The van der Waals surface area contributed by atoms with E-state index in [1.54, 1.807) is 24.3 Å². The smallest absolute Gasteiger partial charge is 0.213 e. The predicted octanol–water partition coefficient (Wildman–Crippen LogP) is 2.41. The highest BCUT2D eigenvalue weighted by Crippen LogP contribution is 2.34. The van der Waals surface area contributed by atoms with Crippen LogP contribution in [-0.4, -0.2) is 16.6 Å². The summed E-state index contributed by atoms with van der Waals surface area (Å²) in [6.07, 6.45) is 3.82. The second kappa shape index (κ2) is 4.68. The van der Waals surface area contributed by atoms with Gasteiger partial charge in [0.1, 0.15) is 22.6 Å². The van der Waals surface area contributed by atoms with E-state index in [1.807, 2.05) is 36.1 Å². The van der Waals surface area contributed by atoms with Gasteiger partial charge in [0, 0.05) is 28.8 Å². The molecule has 0 atom stereocenters. The third kappa shape index (κ3) is 1.83. The molecule has 0 saturated carbocycles. The highest BCUT2D eigenvalue weighted by Gasteiger charge is 2.33. The van der Waals surface area contributed by atoms with Crippen LogP contribution in [0.25, 0.3) is 10.6 Å². The molecule has 3 aromatic rings. The number of carbonyl (C=O) groups excluding carboxylic acids is 2.